The van der Waals surface area contributed by atoms with Crippen LogP contribution in [0.1, 0.15) is 6.92 Å². The molecule has 0 bridgehead atoms. The summed E-state index contributed by atoms with van der Waals surface area (Å²) in [6.45, 7) is 2.48. The van der Waals surface area contributed by atoms with E-state index in [4.69, 9.17) is 5.11 Å². The number of aryl methyl sites for hydroxylation is 1. The highest BCUT2D eigenvalue weighted by Gasteiger charge is 2.13. The number of anilines is 1. The highest BCUT2D eigenvalue weighted by Crippen LogP contribution is 2.02. The summed E-state index contributed by atoms with van der Waals surface area (Å²) in [6, 6.07) is 0. The molecule has 6 heteroatoms. The molecule has 0 saturated heterocycles. The maximum atomic E-state index is 10.7. The van der Waals surface area contributed by atoms with Crippen LogP contribution in [0.5, 0.6) is 0 Å². The fraction of sp³-hybridized carbons (Fsp3) is 0.286. The largest absolute Gasteiger partial charge is 0.474 e. The predicted molar refractivity (Wildman–Crippen MR) is 44.2 cm³/mol. The first-order valence-electron chi connectivity index (χ1n) is 3.70. The molecule has 70 valence electrons. The van der Waals surface area contributed by atoms with Gasteiger partial charge in [0.1, 0.15) is 0 Å². The second kappa shape index (κ2) is 3.70. The van der Waals surface area contributed by atoms with E-state index in [1.54, 1.807) is 10.8 Å². The van der Waals surface area contributed by atoms with Gasteiger partial charge in [-0.25, -0.2) is 9.78 Å². The lowest BCUT2D eigenvalue weighted by Crippen LogP contribution is -2.23. The molecule has 2 N–H and O–H groups in total. The lowest BCUT2D eigenvalue weighted by Gasteiger charge is -2.03. The van der Waals surface area contributed by atoms with Crippen molar-refractivity contribution in [1.29, 1.82) is 0 Å². The van der Waals surface area contributed by atoms with Crippen molar-refractivity contribution in [2.75, 3.05) is 5.32 Å². The number of carbonyl (C=O) groups is 2. The van der Waals surface area contributed by atoms with Crippen molar-refractivity contribution in [3.8, 4) is 0 Å². The quantitative estimate of drug-likeness (QED) is 0.628. The summed E-state index contributed by atoms with van der Waals surface area (Å²) in [5.74, 6) is -2.36. The third-order valence-electron chi connectivity index (χ3n) is 1.48. The summed E-state index contributed by atoms with van der Waals surface area (Å²) in [5, 5.41) is 10.4. The SMILES string of the molecule is CCn1ccnc1NC(=O)C(=O)O. The van der Waals surface area contributed by atoms with Gasteiger partial charge in [0, 0.05) is 18.9 Å². The zero-order valence-corrected chi connectivity index (χ0v) is 7.02. The fourth-order valence-corrected chi connectivity index (χ4v) is 0.843. The number of amides is 1. The summed E-state index contributed by atoms with van der Waals surface area (Å²) in [4.78, 5) is 24.7. The molecule has 0 saturated carbocycles. The van der Waals surface area contributed by atoms with Crippen LogP contribution in [-0.4, -0.2) is 26.5 Å². The Morgan fingerprint density at radius 3 is 2.92 bits per heavy atom. The van der Waals surface area contributed by atoms with Crippen molar-refractivity contribution in [1.82, 2.24) is 9.55 Å². The van der Waals surface area contributed by atoms with Gasteiger partial charge in [-0.05, 0) is 6.92 Å². The van der Waals surface area contributed by atoms with Crippen molar-refractivity contribution in [3.05, 3.63) is 12.4 Å². The van der Waals surface area contributed by atoms with E-state index in [1.165, 1.54) is 6.20 Å². The molecule has 0 aliphatic heterocycles. The van der Waals surface area contributed by atoms with E-state index in [0.717, 1.165) is 0 Å². The average molecular weight is 183 g/mol. The third-order valence-corrected chi connectivity index (χ3v) is 1.48. The van der Waals surface area contributed by atoms with Crippen LogP contribution in [-0.2, 0) is 16.1 Å². The summed E-state index contributed by atoms with van der Waals surface area (Å²) in [5.41, 5.74) is 0. The molecule has 0 aliphatic rings. The minimum atomic E-state index is -1.52. The van der Waals surface area contributed by atoms with Crippen LogP contribution in [0.3, 0.4) is 0 Å². The van der Waals surface area contributed by atoms with Gasteiger partial charge in [0.05, 0.1) is 0 Å². The molecule has 0 atom stereocenters. The number of hydrogen-bond donors (Lipinski definition) is 2. The first kappa shape index (κ1) is 9.24. The van der Waals surface area contributed by atoms with Gasteiger partial charge in [-0.1, -0.05) is 0 Å². The van der Waals surface area contributed by atoms with Gasteiger partial charge in [0.25, 0.3) is 0 Å². The van der Waals surface area contributed by atoms with Crippen molar-refractivity contribution >= 4 is 17.8 Å². The number of nitrogens with zero attached hydrogens (tertiary/aromatic N) is 2. The molecule has 0 unspecified atom stereocenters. The van der Waals surface area contributed by atoms with Crippen molar-refractivity contribution < 1.29 is 14.7 Å². The predicted octanol–water partition coefficient (Wildman–Crippen LogP) is -0.0739. The van der Waals surface area contributed by atoms with E-state index in [-0.39, 0.29) is 5.95 Å². The Balaban J connectivity index is 2.74. The Hall–Kier alpha value is -1.85. The van der Waals surface area contributed by atoms with Gasteiger partial charge in [0.2, 0.25) is 5.95 Å². The zero-order chi connectivity index (χ0) is 9.84. The molecule has 0 radical (unpaired) electrons. The molecule has 1 amide bonds. The van der Waals surface area contributed by atoms with Crippen LogP contribution in [0.2, 0.25) is 0 Å². The number of imidazole rings is 1. The van der Waals surface area contributed by atoms with Crippen LogP contribution >= 0.6 is 0 Å². The van der Waals surface area contributed by atoms with Crippen molar-refractivity contribution in [2.24, 2.45) is 0 Å². The number of carbonyl (C=O) groups excluding carboxylic acids is 1. The first-order chi connectivity index (χ1) is 6.15. The number of aliphatic carboxylic acids is 1. The molecule has 13 heavy (non-hydrogen) atoms. The Morgan fingerprint density at radius 1 is 1.69 bits per heavy atom. The first-order valence-corrected chi connectivity index (χ1v) is 3.70. The second-order valence-corrected chi connectivity index (χ2v) is 2.30. The number of rotatable bonds is 2. The van der Waals surface area contributed by atoms with Gasteiger partial charge in [0.15, 0.2) is 0 Å². The Morgan fingerprint density at radius 2 is 2.38 bits per heavy atom. The Labute approximate surface area is 74.2 Å². The van der Waals surface area contributed by atoms with Gasteiger partial charge in [-0.15, -0.1) is 0 Å². The molecule has 0 spiro atoms. The molecular weight excluding hydrogens is 174 g/mol. The molecular formula is C7H9N3O3. The van der Waals surface area contributed by atoms with E-state index >= 15 is 0 Å². The van der Waals surface area contributed by atoms with Gasteiger partial charge < -0.3 is 9.67 Å². The number of hydrogen-bond acceptors (Lipinski definition) is 3. The third kappa shape index (κ3) is 2.05. The summed E-state index contributed by atoms with van der Waals surface area (Å²) in [6.07, 6.45) is 3.14. The fourth-order valence-electron chi connectivity index (χ4n) is 0.843. The zero-order valence-electron chi connectivity index (χ0n) is 7.02. The molecule has 0 aliphatic carbocycles. The van der Waals surface area contributed by atoms with Crippen molar-refractivity contribution in [2.45, 2.75) is 13.5 Å². The lowest BCUT2D eigenvalue weighted by molar-refractivity contribution is -0.147. The van der Waals surface area contributed by atoms with Crippen LogP contribution in [0.25, 0.3) is 0 Å². The monoisotopic (exact) mass is 183 g/mol. The van der Waals surface area contributed by atoms with Gasteiger partial charge in [-0.3, -0.25) is 10.1 Å². The molecule has 1 aromatic rings. The van der Waals surface area contributed by atoms with Crippen molar-refractivity contribution in [3.63, 3.8) is 0 Å². The van der Waals surface area contributed by atoms with Gasteiger partial charge >= 0.3 is 11.9 Å². The second-order valence-electron chi connectivity index (χ2n) is 2.30. The standard InChI is InChI=1S/C7H9N3O3/c1-2-10-4-3-8-7(10)9-5(11)6(12)13/h3-4H,2H2,1H3,(H,12,13)(H,8,9,11). The highest BCUT2D eigenvalue weighted by atomic mass is 16.4. The highest BCUT2D eigenvalue weighted by molar-refractivity contribution is 6.36. The average Bonchev–Trinajstić information content (AvgIpc) is 2.51. The van der Waals surface area contributed by atoms with Crippen LogP contribution in [0.4, 0.5) is 5.95 Å². The molecule has 1 aromatic heterocycles. The normalized spacial score (nSPS) is 9.62. The topological polar surface area (TPSA) is 84.2 Å². The maximum absolute atomic E-state index is 10.7. The van der Waals surface area contributed by atoms with E-state index < -0.39 is 11.9 Å². The minimum Gasteiger partial charge on any atom is -0.474 e. The smallest absolute Gasteiger partial charge is 0.394 e. The Bertz CT molecular complexity index is 331. The Kier molecular flexibility index (Phi) is 2.63. The van der Waals surface area contributed by atoms with E-state index in [2.05, 4.69) is 10.3 Å². The summed E-state index contributed by atoms with van der Waals surface area (Å²) < 4.78 is 1.63. The number of carboxylic acids is 1. The van der Waals surface area contributed by atoms with Gasteiger partial charge in [-0.2, -0.15) is 0 Å². The maximum Gasteiger partial charge on any atom is 0.394 e. The van der Waals surface area contributed by atoms with E-state index in [0.29, 0.717) is 6.54 Å². The molecule has 6 nitrogen and oxygen atoms in total. The van der Waals surface area contributed by atoms with E-state index in [9.17, 15) is 9.59 Å². The number of nitrogens with one attached hydrogen (secondary N) is 1. The van der Waals surface area contributed by atoms with Crippen LogP contribution in [0.15, 0.2) is 12.4 Å². The number of carboxylic acid groups (broad SMARTS) is 1. The van der Waals surface area contributed by atoms with Crippen LogP contribution < -0.4 is 5.32 Å². The number of aromatic nitrogens is 2. The molecule has 1 rings (SSSR count). The molecule has 1 heterocycles. The summed E-state index contributed by atoms with van der Waals surface area (Å²) in [7, 11) is 0. The molecule has 0 aromatic carbocycles. The summed E-state index contributed by atoms with van der Waals surface area (Å²) >= 11 is 0. The van der Waals surface area contributed by atoms with E-state index in [1.807, 2.05) is 6.92 Å². The lowest BCUT2D eigenvalue weighted by atomic mass is 10.6. The minimum absolute atomic E-state index is 0.245. The molecule has 0 fully saturated rings. The van der Waals surface area contributed by atoms with Crippen LogP contribution in [0, 0.1) is 0 Å².